The Hall–Kier alpha value is -1.25. The third-order valence-corrected chi connectivity index (χ3v) is 5.11. The summed E-state index contributed by atoms with van der Waals surface area (Å²) in [6.07, 6.45) is -1.78. The molecule has 0 heterocycles. The van der Waals surface area contributed by atoms with Crippen LogP contribution < -0.4 is 0 Å². The summed E-state index contributed by atoms with van der Waals surface area (Å²) < 4.78 is 50.7. The van der Waals surface area contributed by atoms with Crippen LogP contribution >= 0.6 is 11.6 Å². The molecule has 0 amide bonds. The average molecular weight is 340 g/mol. The maximum Gasteiger partial charge on any atom is 0.335 e. The number of sulfonamides is 1. The molecule has 1 N–H and O–H groups in total. The fourth-order valence-electron chi connectivity index (χ4n) is 1.91. The van der Waals surface area contributed by atoms with Crippen LogP contribution in [0.3, 0.4) is 0 Å². The van der Waals surface area contributed by atoms with E-state index in [1.54, 1.807) is 0 Å². The van der Waals surface area contributed by atoms with E-state index in [9.17, 15) is 22.0 Å². The molecule has 2 rings (SSSR count). The molecule has 116 valence electrons. The molecule has 1 aliphatic rings. The van der Waals surface area contributed by atoms with Crippen LogP contribution in [0.4, 0.5) is 8.78 Å². The Balaban J connectivity index is 2.44. The van der Waals surface area contributed by atoms with Gasteiger partial charge in [0, 0.05) is 11.1 Å². The van der Waals surface area contributed by atoms with E-state index >= 15 is 0 Å². The molecule has 0 bridgehead atoms. The van der Waals surface area contributed by atoms with Gasteiger partial charge in [0.2, 0.25) is 10.0 Å². The van der Waals surface area contributed by atoms with Gasteiger partial charge in [0.15, 0.2) is 0 Å². The van der Waals surface area contributed by atoms with E-state index in [1.165, 1.54) is 0 Å². The molecule has 5 nitrogen and oxygen atoms in total. The van der Waals surface area contributed by atoms with Gasteiger partial charge in [-0.05, 0) is 31.0 Å². The zero-order valence-corrected chi connectivity index (χ0v) is 12.2. The predicted octanol–water partition coefficient (Wildman–Crippen LogP) is 2.46. The van der Waals surface area contributed by atoms with Crippen LogP contribution in [0.5, 0.6) is 0 Å². The Morgan fingerprint density at radius 3 is 2.48 bits per heavy atom. The van der Waals surface area contributed by atoms with Crippen LogP contribution in [0, 0.1) is 0 Å². The third kappa shape index (κ3) is 3.69. The number of halogens is 3. The maximum atomic E-state index is 12.6. The van der Waals surface area contributed by atoms with Crippen LogP contribution in [-0.4, -0.2) is 42.8 Å². The first-order chi connectivity index (χ1) is 9.71. The number of carbonyl (C=O) groups is 1. The number of carboxylic acid groups (broad SMARTS) is 1. The average Bonchev–Trinajstić information content (AvgIpc) is 3.18. The number of hydrogen-bond donors (Lipinski definition) is 1. The number of benzene rings is 1. The van der Waals surface area contributed by atoms with Crippen molar-refractivity contribution in [3.63, 3.8) is 0 Å². The molecule has 0 spiro atoms. The summed E-state index contributed by atoms with van der Waals surface area (Å²) in [5.41, 5.74) is -0.311. The molecule has 21 heavy (non-hydrogen) atoms. The van der Waals surface area contributed by atoms with Gasteiger partial charge >= 0.3 is 5.97 Å². The van der Waals surface area contributed by atoms with Gasteiger partial charge in [-0.15, -0.1) is 0 Å². The molecule has 0 aliphatic heterocycles. The van der Waals surface area contributed by atoms with E-state index in [0.717, 1.165) is 22.5 Å². The maximum absolute atomic E-state index is 12.6. The molecule has 1 aliphatic carbocycles. The summed E-state index contributed by atoms with van der Waals surface area (Å²) >= 11 is 5.71. The molecule has 9 heteroatoms. The van der Waals surface area contributed by atoms with Crippen LogP contribution in [0.1, 0.15) is 23.2 Å². The minimum absolute atomic E-state index is 0.0822. The quantitative estimate of drug-likeness (QED) is 0.864. The zero-order chi connectivity index (χ0) is 15.8. The lowest BCUT2D eigenvalue weighted by Crippen LogP contribution is -2.37. The SMILES string of the molecule is O=C(O)c1cc(Cl)cc(S(=O)(=O)N(CC(F)F)C2CC2)c1. The number of hydrogen-bond acceptors (Lipinski definition) is 3. The van der Waals surface area contributed by atoms with E-state index < -0.39 is 35.0 Å². The molecule has 0 atom stereocenters. The molecular formula is C12H12ClF2NO4S. The molecule has 0 unspecified atom stereocenters. The number of rotatable bonds is 6. The number of aromatic carboxylic acids is 1. The van der Waals surface area contributed by atoms with E-state index in [-0.39, 0.29) is 15.5 Å². The molecule has 1 fully saturated rings. The van der Waals surface area contributed by atoms with Gasteiger partial charge in [0.05, 0.1) is 17.0 Å². The fourth-order valence-corrected chi connectivity index (χ4v) is 3.95. The summed E-state index contributed by atoms with van der Waals surface area (Å²) in [7, 11) is -4.21. The first-order valence-corrected chi connectivity index (χ1v) is 7.87. The van der Waals surface area contributed by atoms with Crippen molar-refractivity contribution in [2.75, 3.05) is 6.54 Å². The molecular weight excluding hydrogens is 328 g/mol. The van der Waals surface area contributed by atoms with Crippen molar-refractivity contribution >= 4 is 27.6 Å². The lowest BCUT2D eigenvalue weighted by Gasteiger charge is -2.21. The Morgan fingerprint density at radius 1 is 1.38 bits per heavy atom. The highest BCUT2D eigenvalue weighted by molar-refractivity contribution is 7.89. The van der Waals surface area contributed by atoms with Crippen LogP contribution in [-0.2, 0) is 10.0 Å². The Labute approximate surface area is 125 Å². The Morgan fingerprint density at radius 2 is 2.00 bits per heavy atom. The van der Waals surface area contributed by atoms with E-state index in [4.69, 9.17) is 16.7 Å². The van der Waals surface area contributed by atoms with Gasteiger partial charge < -0.3 is 5.11 Å². The topological polar surface area (TPSA) is 74.7 Å². The first-order valence-electron chi connectivity index (χ1n) is 6.05. The van der Waals surface area contributed by atoms with E-state index in [1.807, 2.05) is 0 Å². The summed E-state index contributed by atoms with van der Waals surface area (Å²) in [5.74, 6) is -1.35. The summed E-state index contributed by atoms with van der Waals surface area (Å²) in [4.78, 5) is 10.6. The molecule has 0 aromatic heterocycles. The van der Waals surface area contributed by atoms with Crippen molar-refractivity contribution in [2.45, 2.75) is 30.2 Å². The molecule has 0 radical (unpaired) electrons. The number of alkyl halides is 2. The van der Waals surface area contributed by atoms with Gasteiger partial charge in [-0.3, -0.25) is 0 Å². The smallest absolute Gasteiger partial charge is 0.335 e. The minimum atomic E-state index is -4.21. The van der Waals surface area contributed by atoms with Gasteiger partial charge in [-0.1, -0.05) is 11.6 Å². The lowest BCUT2D eigenvalue weighted by molar-refractivity contribution is 0.0696. The van der Waals surface area contributed by atoms with Crippen molar-refractivity contribution in [2.24, 2.45) is 0 Å². The van der Waals surface area contributed by atoms with Crippen molar-refractivity contribution in [1.29, 1.82) is 0 Å². The highest BCUT2D eigenvalue weighted by Crippen LogP contribution is 2.33. The highest BCUT2D eigenvalue weighted by Gasteiger charge is 2.39. The summed E-state index contributed by atoms with van der Waals surface area (Å²) in [5, 5.41) is 8.84. The van der Waals surface area contributed by atoms with Crippen LogP contribution in [0.2, 0.25) is 5.02 Å². The van der Waals surface area contributed by atoms with Gasteiger partial charge in [-0.25, -0.2) is 22.0 Å². The van der Waals surface area contributed by atoms with Crippen molar-refractivity contribution < 1.29 is 27.1 Å². The Kier molecular flexibility index (Phi) is 4.50. The van der Waals surface area contributed by atoms with Crippen molar-refractivity contribution in [1.82, 2.24) is 4.31 Å². The second kappa shape index (κ2) is 5.86. The molecule has 1 aromatic carbocycles. The molecule has 0 saturated heterocycles. The predicted molar refractivity (Wildman–Crippen MR) is 71.3 cm³/mol. The highest BCUT2D eigenvalue weighted by atomic mass is 35.5. The van der Waals surface area contributed by atoms with Gasteiger partial charge in [0.25, 0.3) is 6.43 Å². The fraction of sp³-hybridized carbons (Fsp3) is 0.417. The molecule has 1 saturated carbocycles. The number of carboxylic acids is 1. The minimum Gasteiger partial charge on any atom is -0.478 e. The van der Waals surface area contributed by atoms with Gasteiger partial charge in [-0.2, -0.15) is 4.31 Å². The number of nitrogens with zero attached hydrogens (tertiary/aromatic N) is 1. The van der Waals surface area contributed by atoms with Gasteiger partial charge in [0.1, 0.15) is 0 Å². The second-order valence-electron chi connectivity index (χ2n) is 4.68. The largest absolute Gasteiger partial charge is 0.478 e. The molecule has 1 aromatic rings. The summed E-state index contributed by atoms with van der Waals surface area (Å²) in [6.45, 7) is -0.915. The third-order valence-electron chi connectivity index (χ3n) is 3.00. The van der Waals surface area contributed by atoms with Crippen molar-refractivity contribution in [3.05, 3.63) is 28.8 Å². The second-order valence-corrected chi connectivity index (χ2v) is 7.00. The zero-order valence-electron chi connectivity index (χ0n) is 10.7. The van der Waals surface area contributed by atoms with E-state index in [0.29, 0.717) is 12.8 Å². The Bertz CT molecular complexity index is 661. The standard InChI is InChI=1S/C12H12ClF2NO4S/c13-8-3-7(12(17)18)4-10(5-8)21(19,20)16(6-11(14)15)9-1-2-9/h3-5,9,11H,1-2,6H2,(H,17,18). The normalized spacial score (nSPS) is 15.7. The lowest BCUT2D eigenvalue weighted by atomic mass is 10.2. The first kappa shape index (κ1) is 16.1. The van der Waals surface area contributed by atoms with Crippen molar-refractivity contribution in [3.8, 4) is 0 Å². The van der Waals surface area contributed by atoms with Crippen LogP contribution in [0.25, 0.3) is 0 Å². The van der Waals surface area contributed by atoms with E-state index in [2.05, 4.69) is 0 Å². The summed E-state index contributed by atoms with van der Waals surface area (Å²) in [6, 6.07) is 2.61. The van der Waals surface area contributed by atoms with Crippen LogP contribution in [0.15, 0.2) is 23.1 Å². The monoisotopic (exact) mass is 339 g/mol.